The standard InChI is InChI=1S/2C21H24P.2ClH.Ti/c2*1-3-13-22(14-4-2)19-15-18-11-8-12-20(21(18)16-19)17-9-6-5-7-10-17;;;/h2*5-12,15-16H,3-4,13-14H2,1-2H3;2*1H;/q;;;;+2/p-2. The minimum Gasteiger partial charge on any atom is -1.00 e. The predicted molar refractivity (Wildman–Crippen MR) is 200 cm³/mol. The van der Waals surface area contributed by atoms with Crippen molar-refractivity contribution in [2.75, 3.05) is 24.6 Å². The Balaban J connectivity index is 0.00000250. The molecule has 0 saturated heterocycles. The molecule has 0 heterocycles. The molecule has 2 aliphatic carbocycles. The van der Waals surface area contributed by atoms with Crippen LogP contribution >= 0.6 is 15.8 Å². The van der Waals surface area contributed by atoms with E-state index in [4.69, 9.17) is 0 Å². The quantitative estimate of drug-likeness (QED) is 0.0951. The molecule has 2 aliphatic rings. The second-order valence-corrected chi connectivity index (χ2v) is 19.8. The molecule has 0 N–H and O–H groups in total. The summed E-state index contributed by atoms with van der Waals surface area (Å²) in [5.41, 5.74) is 11.9. The first-order chi connectivity index (χ1) is 22.2. The first-order valence-electron chi connectivity index (χ1n) is 17.2. The van der Waals surface area contributed by atoms with E-state index in [2.05, 4.69) is 137 Å². The van der Waals surface area contributed by atoms with Crippen LogP contribution in [-0.2, 0) is 19.2 Å². The molecule has 244 valence electrons. The van der Waals surface area contributed by atoms with Gasteiger partial charge in [0.2, 0.25) is 0 Å². The van der Waals surface area contributed by atoms with E-state index in [9.17, 15) is 0 Å². The van der Waals surface area contributed by atoms with E-state index in [0.29, 0.717) is 8.45 Å². The van der Waals surface area contributed by atoms with Gasteiger partial charge in [0.15, 0.2) is 0 Å². The molecule has 0 aliphatic heterocycles. The minimum atomic E-state index is -0.417. The molecular weight excluding hydrogens is 685 g/mol. The summed E-state index contributed by atoms with van der Waals surface area (Å²) in [4.78, 5) is 0. The van der Waals surface area contributed by atoms with Gasteiger partial charge in [-0.25, -0.2) is 0 Å². The van der Waals surface area contributed by atoms with Crippen molar-refractivity contribution in [2.24, 2.45) is 0 Å². The average Bonchev–Trinajstić information content (AvgIpc) is 3.64. The molecule has 0 aromatic heterocycles. The average molecular weight is 734 g/mol. The van der Waals surface area contributed by atoms with Crippen molar-refractivity contribution in [3.63, 3.8) is 0 Å². The van der Waals surface area contributed by atoms with Crippen molar-refractivity contribution in [3.8, 4) is 22.3 Å². The van der Waals surface area contributed by atoms with Crippen LogP contribution in [0.4, 0.5) is 0 Å². The number of benzene rings is 4. The minimum absolute atomic E-state index is 0. The van der Waals surface area contributed by atoms with E-state index in [-0.39, 0.29) is 40.7 Å². The molecule has 0 saturated carbocycles. The SMILES string of the molecule is CCCP(CCC)C1=Cc2c(-c3ccccc3)cccc2[CH]1[Ti+2][CH]1C(P(CCC)CCC)=Cc2c(-c3ccccc3)cccc21.[Cl-].[Cl-]. The third kappa shape index (κ3) is 8.29. The van der Waals surface area contributed by atoms with Gasteiger partial charge >= 0.3 is 286 Å². The monoisotopic (exact) mass is 732 g/mol. The van der Waals surface area contributed by atoms with Crippen molar-refractivity contribution in [1.29, 1.82) is 0 Å². The maximum atomic E-state index is 2.71. The zero-order valence-corrected chi connectivity index (χ0v) is 33.2. The molecule has 0 spiro atoms. The molecule has 4 aromatic carbocycles. The normalized spacial score (nSPS) is 16.1. The molecule has 0 nitrogen and oxygen atoms in total. The third-order valence-corrected chi connectivity index (χ3v) is 19.2. The zero-order chi connectivity index (χ0) is 31.2. The Bertz CT molecular complexity index is 1520. The van der Waals surface area contributed by atoms with Gasteiger partial charge in [-0.15, -0.1) is 0 Å². The van der Waals surface area contributed by atoms with Crippen LogP contribution in [0.2, 0.25) is 0 Å². The maximum Gasteiger partial charge on any atom is -1.00 e. The van der Waals surface area contributed by atoms with E-state index in [1.165, 1.54) is 83.7 Å². The van der Waals surface area contributed by atoms with Crippen molar-refractivity contribution >= 4 is 28.0 Å². The summed E-state index contributed by atoms with van der Waals surface area (Å²) < 4.78 is 1.24. The zero-order valence-electron chi connectivity index (χ0n) is 28.4. The Morgan fingerprint density at radius 3 is 1.17 bits per heavy atom. The van der Waals surface area contributed by atoms with Gasteiger partial charge in [-0.3, -0.25) is 0 Å². The first-order valence-corrected chi connectivity index (χ1v) is 22.5. The molecule has 2 atom stereocenters. The van der Waals surface area contributed by atoms with Crippen LogP contribution in [0.25, 0.3) is 34.4 Å². The fraction of sp³-hybridized carbons (Fsp3) is 0.333. The van der Waals surface area contributed by atoms with Crippen LogP contribution < -0.4 is 24.8 Å². The third-order valence-electron chi connectivity index (χ3n) is 9.28. The van der Waals surface area contributed by atoms with Gasteiger partial charge in [-0.2, -0.15) is 0 Å². The number of hydrogen-bond donors (Lipinski definition) is 0. The second kappa shape index (κ2) is 18.5. The molecule has 4 aromatic rings. The number of hydrogen-bond acceptors (Lipinski definition) is 0. The van der Waals surface area contributed by atoms with E-state index in [1.807, 2.05) is 10.6 Å². The summed E-state index contributed by atoms with van der Waals surface area (Å²) in [7, 11) is -0.247. The van der Waals surface area contributed by atoms with Crippen LogP contribution in [0, 0.1) is 0 Å². The Hall–Kier alpha value is -1.49. The van der Waals surface area contributed by atoms with Crippen LogP contribution in [0.15, 0.2) is 108 Å². The van der Waals surface area contributed by atoms with Gasteiger partial charge in [0.1, 0.15) is 0 Å². The second-order valence-electron chi connectivity index (χ2n) is 12.5. The van der Waals surface area contributed by atoms with Crippen molar-refractivity contribution in [2.45, 2.75) is 61.8 Å². The molecule has 6 rings (SSSR count). The van der Waals surface area contributed by atoms with Gasteiger partial charge in [0.05, 0.1) is 0 Å². The molecule has 0 radical (unpaired) electrons. The van der Waals surface area contributed by atoms with Crippen LogP contribution in [0.1, 0.15) is 84.1 Å². The first kappa shape index (κ1) is 38.3. The summed E-state index contributed by atoms with van der Waals surface area (Å²) in [6.07, 6.45) is 16.0. The van der Waals surface area contributed by atoms with Gasteiger partial charge < -0.3 is 24.8 Å². The number of allylic oxidation sites excluding steroid dienone is 2. The number of halogens is 2. The summed E-state index contributed by atoms with van der Waals surface area (Å²) in [5, 5.41) is 3.66. The molecule has 2 unspecified atom stereocenters. The topological polar surface area (TPSA) is 0 Å². The van der Waals surface area contributed by atoms with Gasteiger partial charge in [-0.05, 0) is 0 Å². The van der Waals surface area contributed by atoms with Crippen molar-refractivity contribution in [1.82, 2.24) is 0 Å². The fourth-order valence-electron chi connectivity index (χ4n) is 7.40. The fourth-order valence-corrected chi connectivity index (χ4v) is 17.7. The Labute approximate surface area is 308 Å². The summed E-state index contributed by atoms with van der Waals surface area (Å²) in [6.45, 7) is 9.60. The van der Waals surface area contributed by atoms with E-state index >= 15 is 0 Å². The van der Waals surface area contributed by atoms with Gasteiger partial charge in [0, 0.05) is 0 Å². The molecular formula is C42H48Cl2P2Ti. The number of rotatable bonds is 14. The smallest absolute Gasteiger partial charge is 1.00 e. The molecule has 0 fully saturated rings. The van der Waals surface area contributed by atoms with Gasteiger partial charge in [-0.1, -0.05) is 0 Å². The molecule has 5 heteroatoms. The Morgan fingerprint density at radius 1 is 0.468 bits per heavy atom. The van der Waals surface area contributed by atoms with E-state index in [0.717, 1.165) is 0 Å². The molecule has 0 amide bonds. The van der Waals surface area contributed by atoms with Crippen LogP contribution in [0.5, 0.6) is 0 Å². The van der Waals surface area contributed by atoms with E-state index < -0.39 is 19.2 Å². The molecule has 0 bridgehead atoms. The summed E-state index contributed by atoms with van der Waals surface area (Å²) in [6, 6.07) is 36.7. The Kier molecular flexibility index (Phi) is 15.1. The largest absolute Gasteiger partial charge is 1.00 e. The van der Waals surface area contributed by atoms with Crippen molar-refractivity contribution in [3.05, 3.63) is 130 Å². The number of fused-ring (bicyclic) bond motifs is 2. The maximum absolute atomic E-state index is 2.71. The van der Waals surface area contributed by atoms with Crippen LogP contribution in [-0.4, -0.2) is 24.6 Å². The summed E-state index contributed by atoms with van der Waals surface area (Å²) >= 11 is -0.417. The van der Waals surface area contributed by atoms with Crippen LogP contribution in [0.3, 0.4) is 0 Å². The predicted octanol–water partition coefficient (Wildman–Crippen LogP) is 7.21. The van der Waals surface area contributed by atoms with Crippen molar-refractivity contribution < 1.29 is 44.0 Å². The summed E-state index contributed by atoms with van der Waals surface area (Å²) in [5.74, 6) is 0. The Morgan fingerprint density at radius 2 is 0.830 bits per heavy atom. The molecule has 47 heavy (non-hydrogen) atoms. The van der Waals surface area contributed by atoms with Gasteiger partial charge in [0.25, 0.3) is 0 Å². The van der Waals surface area contributed by atoms with E-state index in [1.54, 1.807) is 11.1 Å².